The molecular weight excluding hydrogens is 317 g/mol. The molecule has 2 aliphatic rings. The molecule has 1 aromatic rings. The lowest BCUT2D eigenvalue weighted by Gasteiger charge is -2.28. The average Bonchev–Trinajstić information content (AvgIpc) is 3.28. The molecule has 2 aliphatic carbocycles. The Labute approximate surface area is 136 Å². The van der Waals surface area contributed by atoms with Gasteiger partial charge < -0.3 is 5.32 Å². The summed E-state index contributed by atoms with van der Waals surface area (Å²) < 4.78 is 36.3. The Kier molecular flexibility index (Phi) is 4.45. The third-order valence-corrected chi connectivity index (χ3v) is 6.64. The van der Waals surface area contributed by atoms with Crippen LogP contribution in [0.5, 0.6) is 0 Å². The first-order valence-corrected chi connectivity index (χ1v) is 10.0. The van der Waals surface area contributed by atoms with Crippen molar-refractivity contribution in [1.82, 2.24) is 5.32 Å². The molecule has 2 fully saturated rings. The Bertz CT molecular complexity index is 686. The first kappa shape index (κ1) is 16.4. The van der Waals surface area contributed by atoms with Gasteiger partial charge in [-0.3, -0.25) is 4.79 Å². The van der Waals surface area contributed by atoms with Gasteiger partial charge in [-0.2, -0.15) is 0 Å². The molecule has 1 amide bonds. The number of sulfone groups is 1. The Morgan fingerprint density at radius 3 is 2.52 bits per heavy atom. The molecule has 23 heavy (non-hydrogen) atoms. The van der Waals surface area contributed by atoms with Crippen molar-refractivity contribution in [1.29, 1.82) is 0 Å². The molecule has 0 aromatic heterocycles. The maximum absolute atomic E-state index is 12.9. The van der Waals surface area contributed by atoms with E-state index < -0.39 is 9.84 Å². The molecule has 0 saturated heterocycles. The second kappa shape index (κ2) is 6.23. The fraction of sp³-hybridized carbons (Fsp3) is 0.588. The van der Waals surface area contributed by atoms with Gasteiger partial charge in [0.1, 0.15) is 15.7 Å². The van der Waals surface area contributed by atoms with Gasteiger partial charge in [0.05, 0.1) is 5.25 Å². The van der Waals surface area contributed by atoms with Crippen molar-refractivity contribution in [2.75, 3.05) is 6.26 Å². The van der Waals surface area contributed by atoms with Gasteiger partial charge in [0.25, 0.3) is 0 Å². The second-order valence-electron chi connectivity index (χ2n) is 6.82. The Balaban J connectivity index is 1.55. The number of halogens is 1. The van der Waals surface area contributed by atoms with Gasteiger partial charge in [0.15, 0.2) is 0 Å². The number of hydrogen-bond acceptors (Lipinski definition) is 3. The molecule has 4 atom stereocenters. The van der Waals surface area contributed by atoms with E-state index in [0.29, 0.717) is 12.8 Å². The molecule has 2 saturated carbocycles. The Hall–Kier alpha value is -1.43. The number of amides is 1. The normalized spacial score (nSPS) is 30.7. The minimum absolute atomic E-state index is 0.00141. The van der Waals surface area contributed by atoms with Crippen LogP contribution in [0.15, 0.2) is 24.3 Å². The molecule has 1 N–H and O–H groups in total. The van der Waals surface area contributed by atoms with Gasteiger partial charge in [-0.1, -0.05) is 18.6 Å². The van der Waals surface area contributed by atoms with Crippen LogP contribution < -0.4 is 5.32 Å². The standard InChI is InChI=1S/C17H22FNO3S/c1-23(21,22)14-4-2-3-13(9-14)19-17(20)16-10-15(16)11-5-7-12(18)8-6-11/h5-8,13-16H,2-4,9-10H2,1H3,(H,19,20)/t13-,14+,15-,16+/m0/s1. The summed E-state index contributed by atoms with van der Waals surface area (Å²) in [7, 11) is -3.04. The summed E-state index contributed by atoms with van der Waals surface area (Å²) in [5, 5.41) is 2.68. The summed E-state index contributed by atoms with van der Waals surface area (Å²) in [6.07, 6.45) is 4.92. The predicted molar refractivity (Wildman–Crippen MR) is 86.3 cm³/mol. The van der Waals surface area contributed by atoms with E-state index in [0.717, 1.165) is 24.8 Å². The molecule has 0 radical (unpaired) electrons. The summed E-state index contributed by atoms with van der Waals surface area (Å²) in [6, 6.07) is 6.24. The molecule has 3 rings (SSSR count). The summed E-state index contributed by atoms with van der Waals surface area (Å²) in [6.45, 7) is 0. The van der Waals surface area contributed by atoms with Gasteiger partial charge in [0.2, 0.25) is 5.91 Å². The van der Waals surface area contributed by atoms with Crippen LogP contribution in [0.3, 0.4) is 0 Å². The number of carbonyl (C=O) groups is 1. The van der Waals surface area contributed by atoms with Gasteiger partial charge in [-0.05, 0) is 49.3 Å². The Morgan fingerprint density at radius 2 is 1.87 bits per heavy atom. The van der Waals surface area contributed by atoms with E-state index in [4.69, 9.17) is 0 Å². The first-order valence-electron chi connectivity index (χ1n) is 8.09. The number of carbonyl (C=O) groups excluding carboxylic acids is 1. The van der Waals surface area contributed by atoms with Crippen molar-refractivity contribution in [3.05, 3.63) is 35.6 Å². The zero-order valence-electron chi connectivity index (χ0n) is 13.2. The van der Waals surface area contributed by atoms with E-state index in [9.17, 15) is 17.6 Å². The van der Waals surface area contributed by atoms with Gasteiger partial charge >= 0.3 is 0 Å². The van der Waals surface area contributed by atoms with E-state index in [1.807, 2.05) is 0 Å². The van der Waals surface area contributed by atoms with Crippen molar-refractivity contribution >= 4 is 15.7 Å². The average molecular weight is 339 g/mol. The van der Waals surface area contributed by atoms with Crippen LogP contribution in [-0.4, -0.2) is 31.9 Å². The molecule has 0 heterocycles. The van der Waals surface area contributed by atoms with E-state index in [2.05, 4.69) is 5.32 Å². The zero-order valence-corrected chi connectivity index (χ0v) is 14.0. The highest BCUT2D eigenvalue weighted by atomic mass is 32.2. The largest absolute Gasteiger partial charge is 0.353 e. The van der Waals surface area contributed by atoms with E-state index in [1.165, 1.54) is 18.4 Å². The second-order valence-corrected chi connectivity index (χ2v) is 9.15. The highest BCUT2D eigenvalue weighted by Crippen LogP contribution is 2.47. The topological polar surface area (TPSA) is 63.2 Å². The SMILES string of the molecule is CS(=O)(=O)[C@@H]1CCC[C@H](NC(=O)[C@@H]2C[C@H]2c2ccc(F)cc2)C1. The van der Waals surface area contributed by atoms with Crippen LogP contribution in [0.25, 0.3) is 0 Å². The molecule has 0 aliphatic heterocycles. The van der Waals surface area contributed by atoms with Gasteiger partial charge in [-0.15, -0.1) is 0 Å². The maximum atomic E-state index is 12.9. The highest BCUT2D eigenvalue weighted by Gasteiger charge is 2.44. The summed E-state index contributed by atoms with van der Waals surface area (Å²) in [5.74, 6) is -0.188. The minimum atomic E-state index is -3.04. The van der Waals surface area contributed by atoms with E-state index in [-0.39, 0.29) is 34.9 Å². The lowest BCUT2D eigenvalue weighted by atomic mass is 9.94. The van der Waals surface area contributed by atoms with E-state index >= 15 is 0 Å². The smallest absolute Gasteiger partial charge is 0.223 e. The van der Waals surface area contributed by atoms with E-state index in [1.54, 1.807) is 12.1 Å². The molecule has 0 unspecified atom stereocenters. The van der Waals surface area contributed by atoms with Crippen molar-refractivity contribution in [2.24, 2.45) is 5.92 Å². The van der Waals surface area contributed by atoms with Gasteiger partial charge in [-0.25, -0.2) is 12.8 Å². The van der Waals surface area contributed by atoms with Crippen LogP contribution >= 0.6 is 0 Å². The third kappa shape index (κ3) is 3.91. The van der Waals surface area contributed by atoms with Crippen LogP contribution in [0.1, 0.15) is 43.6 Å². The number of nitrogens with one attached hydrogen (secondary N) is 1. The Morgan fingerprint density at radius 1 is 1.17 bits per heavy atom. The minimum Gasteiger partial charge on any atom is -0.353 e. The van der Waals surface area contributed by atoms with Crippen LogP contribution in [0, 0.1) is 11.7 Å². The first-order chi connectivity index (χ1) is 10.8. The molecule has 6 heteroatoms. The number of rotatable bonds is 4. The lowest BCUT2D eigenvalue weighted by molar-refractivity contribution is -0.123. The van der Waals surface area contributed by atoms with Crippen LogP contribution in [0.4, 0.5) is 4.39 Å². The summed E-state index contributed by atoms with van der Waals surface area (Å²) >= 11 is 0. The monoisotopic (exact) mass is 339 g/mol. The van der Waals surface area contributed by atoms with Crippen molar-refractivity contribution in [3.63, 3.8) is 0 Å². The molecule has 0 bridgehead atoms. The van der Waals surface area contributed by atoms with Crippen LogP contribution in [-0.2, 0) is 14.6 Å². The van der Waals surface area contributed by atoms with Crippen LogP contribution in [0.2, 0.25) is 0 Å². The molecule has 126 valence electrons. The quantitative estimate of drug-likeness (QED) is 0.916. The molecule has 1 aromatic carbocycles. The van der Waals surface area contributed by atoms with Gasteiger partial charge in [0, 0.05) is 18.2 Å². The summed E-state index contributed by atoms with van der Waals surface area (Å²) in [5.41, 5.74) is 0.990. The predicted octanol–water partition coefficient (Wildman–Crippen LogP) is 2.40. The molecule has 0 spiro atoms. The molecular formula is C17H22FNO3S. The number of hydrogen-bond donors (Lipinski definition) is 1. The van der Waals surface area contributed by atoms with Crippen molar-refractivity contribution < 1.29 is 17.6 Å². The maximum Gasteiger partial charge on any atom is 0.223 e. The summed E-state index contributed by atoms with van der Waals surface area (Å²) in [4.78, 5) is 12.3. The number of benzene rings is 1. The van der Waals surface area contributed by atoms with Crippen molar-refractivity contribution in [3.8, 4) is 0 Å². The van der Waals surface area contributed by atoms with Crippen molar-refractivity contribution in [2.45, 2.75) is 49.3 Å². The third-order valence-electron chi connectivity index (χ3n) is 5.00. The fourth-order valence-electron chi connectivity index (χ4n) is 3.54. The highest BCUT2D eigenvalue weighted by molar-refractivity contribution is 7.91. The fourth-order valence-corrected chi connectivity index (χ4v) is 4.71. The lowest BCUT2D eigenvalue weighted by Crippen LogP contribution is -2.42. The molecule has 4 nitrogen and oxygen atoms in total. The zero-order chi connectivity index (χ0) is 16.6.